The van der Waals surface area contributed by atoms with E-state index in [9.17, 15) is 9.59 Å². The number of benzene rings is 2. The van der Waals surface area contributed by atoms with Gasteiger partial charge in [0.15, 0.2) is 11.5 Å². The summed E-state index contributed by atoms with van der Waals surface area (Å²) in [6.07, 6.45) is 1.94. The molecule has 146 valence electrons. The van der Waals surface area contributed by atoms with Crippen molar-refractivity contribution in [1.82, 2.24) is 10.3 Å². The second-order valence-electron chi connectivity index (χ2n) is 6.49. The topological polar surface area (TPSA) is 80.2 Å². The lowest BCUT2D eigenvalue weighted by molar-refractivity contribution is -0.133. The summed E-state index contributed by atoms with van der Waals surface area (Å²) in [5.41, 5.74) is 4.33. The number of likely N-dealkylation sites (tertiary alicyclic amines) is 1. The summed E-state index contributed by atoms with van der Waals surface area (Å²) in [7, 11) is 3.12. The summed E-state index contributed by atoms with van der Waals surface area (Å²) in [6, 6.07) is 15.2. The summed E-state index contributed by atoms with van der Waals surface area (Å²) < 4.78 is 10.4. The molecule has 1 heterocycles. The lowest BCUT2D eigenvalue weighted by atomic mass is 9.99. The zero-order chi connectivity index (χ0) is 19.9. The van der Waals surface area contributed by atoms with Crippen molar-refractivity contribution < 1.29 is 19.1 Å². The van der Waals surface area contributed by atoms with Crippen LogP contribution in [0.5, 0.6) is 11.5 Å². The van der Waals surface area contributed by atoms with Gasteiger partial charge in [0.25, 0.3) is 5.91 Å². The summed E-state index contributed by atoms with van der Waals surface area (Å²) in [5, 5.41) is 3.96. The largest absolute Gasteiger partial charge is 0.493 e. The standard InChI is InChI=1S/C21H23N3O4/c1-27-18-9-8-15(10-19(18)28-2)12-22-23-20(25)14-24-13-17(11-21(24)26)16-6-4-3-5-7-16/h3-10,12,17H,11,13-14H2,1-2H3,(H,23,25)/b22-12-/t17-/m0/s1. The van der Waals surface area contributed by atoms with Crippen molar-refractivity contribution in [1.29, 1.82) is 0 Å². The van der Waals surface area contributed by atoms with E-state index in [4.69, 9.17) is 9.47 Å². The first kappa shape index (κ1) is 19.4. The minimum atomic E-state index is -0.334. The van der Waals surface area contributed by atoms with Crippen LogP contribution >= 0.6 is 0 Å². The third-order valence-corrected chi connectivity index (χ3v) is 4.63. The Morgan fingerprint density at radius 2 is 1.93 bits per heavy atom. The molecule has 0 saturated carbocycles. The molecule has 3 rings (SSSR count). The van der Waals surface area contributed by atoms with Gasteiger partial charge in [-0.1, -0.05) is 30.3 Å². The molecule has 0 unspecified atom stereocenters. The molecule has 2 aromatic rings. The molecular weight excluding hydrogens is 358 g/mol. The molecule has 1 N–H and O–H groups in total. The van der Waals surface area contributed by atoms with E-state index in [1.165, 1.54) is 6.21 Å². The highest BCUT2D eigenvalue weighted by molar-refractivity contribution is 5.88. The van der Waals surface area contributed by atoms with Gasteiger partial charge in [-0.05, 0) is 29.3 Å². The summed E-state index contributed by atoms with van der Waals surface area (Å²) in [4.78, 5) is 25.9. The Kier molecular flexibility index (Phi) is 6.26. The van der Waals surface area contributed by atoms with Crippen molar-refractivity contribution >= 4 is 18.0 Å². The van der Waals surface area contributed by atoms with Crippen molar-refractivity contribution in [2.24, 2.45) is 5.10 Å². The molecule has 2 aromatic carbocycles. The summed E-state index contributed by atoms with van der Waals surface area (Å²) in [6.45, 7) is 0.529. The average molecular weight is 381 g/mol. The smallest absolute Gasteiger partial charge is 0.259 e. The number of nitrogens with one attached hydrogen (secondary N) is 1. The van der Waals surface area contributed by atoms with Crippen LogP contribution in [0.1, 0.15) is 23.5 Å². The Labute approximate surface area is 163 Å². The van der Waals surface area contributed by atoms with Crippen LogP contribution in [0.2, 0.25) is 0 Å². The molecule has 0 aromatic heterocycles. The van der Waals surface area contributed by atoms with Gasteiger partial charge in [0.05, 0.1) is 20.4 Å². The van der Waals surface area contributed by atoms with Crippen LogP contribution in [0.4, 0.5) is 0 Å². The van der Waals surface area contributed by atoms with Crippen LogP contribution in [-0.4, -0.2) is 50.2 Å². The van der Waals surface area contributed by atoms with Gasteiger partial charge in [-0.25, -0.2) is 5.43 Å². The number of carbonyl (C=O) groups excluding carboxylic acids is 2. The van der Waals surface area contributed by atoms with E-state index in [0.29, 0.717) is 24.5 Å². The third-order valence-electron chi connectivity index (χ3n) is 4.63. The van der Waals surface area contributed by atoms with E-state index in [2.05, 4.69) is 10.5 Å². The Bertz CT molecular complexity index is 867. The first-order valence-electron chi connectivity index (χ1n) is 8.97. The van der Waals surface area contributed by atoms with Crippen LogP contribution < -0.4 is 14.9 Å². The molecule has 0 radical (unpaired) electrons. The third kappa shape index (κ3) is 4.68. The molecule has 0 spiro atoms. The number of ether oxygens (including phenoxy) is 2. The van der Waals surface area contributed by atoms with Gasteiger partial charge in [0.2, 0.25) is 5.91 Å². The molecule has 1 atom stereocenters. The fourth-order valence-electron chi connectivity index (χ4n) is 3.19. The highest BCUT2D eigenvalue weighted by Gasteiger charge is 2.31. The Balaban J connectivity index is 1.53. The summed E-state index contributed by atoms with van der Waals surface area (Å²) in [5.74, 6) is 0.958. The van der Waals surface area contributed by atoms with Gasteiger partial charge in [0.1, 0.15) is 6.54 Å². The average Bonchev–Trinajstić information content (AvgIpc) is 3.08. The summed E-state index contributed by atoms with van der Waals surface area (Å²) >= 11 is 0. The van der Waals surface area contributed by atoms with Crippen LogP contribution in [0.3, 0.4) is 0 Å². The monoisotopic (exact) mass is 381 g/mol. The molecule has 1 fully saturated rings. The molecule has 2 amide bonds. The molecule has 7 nitrogen and oxygen atoms in total. The lowest BCUT2D eigenvalue weighted by Crippen LogP contribution is -2.36. The van der Waals surface area contributed by atoms with E-state index in [0.717, 1.165) is 11.1 Å². The first-order valence-corrected chi connectivity index (χ1v) is 8.97. The van der Waals surface area contributed by atoms with Crippen molar-refractivity contribution in [2.45, 2.75) is 12.3 Å². The molecule has 1 saturated heterocycles. The highest BCUT2D eigenvalue weighted by Crippen LogP contribution is 2.28. The minimum Gasteiger partial charge on any atom is -0.493 e. The fraction of sp³-hybridized carbons (Fsp3) is 0.286. The van der Waals surface area contributed by atoms with Gasteiger partial charge >= 0.3 is 0 Å². The Morgan fingerprint density at radius 1 is 1.18 bits per heavy atom. The maximum absolute atomic E-state index is 12.2. The number of amides is 2. The van der Waals surface area contributed by atoms with Crippen LogP contribution in [0.25, 0.3) is 0 Å². The van der Waals surface area contributed by atoms with Crippen LogP contribution in [0.15, 0.2) is 53.6 Å². The molecular formula is C21H23N3O4. The number of nitrogens with zero attached hydrogens (tertiary/aromatic N) is 2. The van der Waals surface area contributed by atoms with Gasteiger partial charge < -0.3 is 14.4 Å². The van der Waals surface area contributed by atoms with E-state index >= 15 is 0 Å². The van der Waals surface area contributed by atoms with E-state index in [1.807, 2.05) is 30.3 Å². The zero-order valence-electron chi connectivity index (χ0n) is 15.9. The van der Waals surface area contributed by atoms with Gasteiger partial charge in [0, 0.05) is 18.9 Å². The second kappa shape index (κ2) is 9.03. The van der Waals surface area contributed by atoms with Gasteiger partial charge in [-0.3, -0.25) is 9.59 Å². The maximum Gasteiger partial charge on any atom is 0.259 e. The van der Waals surface area contributed by atoms with Crippen molar-refractivity contribution in [3.63, 3.8) is 0 Å². The van der Waals surface area contributed by atoms with Crippen LogP contribution in [0, 0.1) is 0 Å². The van der Waals surface area contributed by atoms with Crippen molar-refractivity contribution in [3.8, 4) is 11.5 Å². The molecule has 0 aliphatic carbocycles. The van der Waals surface area contributed by atoms with Crippen LogP contribution in [-0.2, 0) is 9.59 Å². The quantitative estimate of drug-likeness (QED) is 0.589. The van der Waals surface area contributed by atoms with E-state index in [1.54, 1.807) is 37.3 Å². The Morgan fingerprint density at radius 3 is 2.64 bits per heavy atom. The number of rotatable bonds is 7. The number of hydrogen-bond donors (Lipinski definition) is 1. The minimum absolute atomic E-state index is 0.00849. The number of carbonyl (C=O) groups is 2. The Hall–Kier alpha value is -3.35. The SMILES string of the molecule is COc1ccc(/C=N\NC(=O)CN2C[C@@H](c3ccccc3)CC2=O)cc1OC. The predicted octanol–water partition coefficient (Wildman–Crippen LogP) is 2.17. The normalized spacial score (nSPS) is 16.4. The van der Waals surface area contributed by atoms with E-state index < -0.39 is 0 Å². The number of hydrazone groups is 1. The highest BCUT2D eigenvalue weighted by atomic mass is 16.5. The van der Waals surface area contributed by atoms with E-state index in [-0.39, 0.29) is 24.3 Å². The fourth-order valence-corrected chi connectivity index (χ4v) is 3.19. The van der Waals surface area contributed by atoms with Gasteiger partial charge in [-0.15, -0.1) is 0 Å². The van der Waals surface area contributed by atoms with Gasteiger partial charge in [-0.2, -0.15) is 5.10 Å². The maximum atomic E-state index is 12.2. The second-order valence-corrected chi connectivity index (χ2v) is 6.49. The molecule has 7 heteroatoms. The molecule has 0 bridgehead atoms. The predicted molar refractivity (Wildman–Crippen MR) is 106 cm³/mol. The lowest BCUT2D eigenvalue weighted by Gasteiger charge is -2.15. The number of methoxy groups -OCH3 is 2. The molecule has 28 heavy (non-hydrogen) atoms. The number of hydrogen-bond acceptors (Lipinski definition) is 5. The van der Waals surface area contributed by atoms with Crippen molar-refractivity contribution in [2.75, 3.05) is 27.3 Å². The van der Waals surface area contributed by atoms with Crippen molar-refractivity contribution in [3.05, 3.63) is 59.7 Å². The zero-order valence-corrected chi connectivity index (χ0v) is 15.9. The first-order chi connectivity index (χ1) is 13.6. The molecule has 1 aliphatic heterocycles. The molecule has 1 aliphatic rings.